The number of carbonyl (C=O) groups is 1. The molecule has 196 valence electrons. The molecule has 5 N–H and O–H groups in total. The van der Waals surface area contributed by atoms with E-state index in [9.17, 15) is 19.6 Å². The van der Waals surface area contributed by atoms with Crippen LogP contribution in [0.2, 0.25) is 0 Å². The van der Waals surface area contributed by atoms with Crippen molar-refractivity contribution in [1.29, 1.82) is 0 Å². The number of nitrogens with two attached hydrogens (primary N) is 1. The normalized spacial score (nSPS) is 25.8. The Morgan fingerprint density at radius 2 is 2.16 bits per heavy atom. The summed E-state index contributed by atoms with van der Waals surface area (Å²) in [5.74, 6) is -1.32. The molecule has 0 bridgehead atoms. The van der Waals surface area contributed by atoms with Gasteiger partial charge in [0, 0.05) is 4.91 Å². The van der Waals surface area contributed by atoms with Gasteiger partial charge in [0.2, 0.25) is 5.72 Å². The number of aliphatic hydroxyl groups excluding tert-OH is 1. The lowest BCUT2D eigenvalue weighted by molar-refractivity contribution is -0.138. The molecule has 2 aromatic heterocycles. The Labute approximate surface area is 207 Å². The van der Waals surface area contributed by atoms with Crippen molar-refractivity contribution in [3.05, 3.63) is 53.4 Å². The van der Waals surface area contributed by atoms with Crippen molar-refractivity contribution in [1.82, 2.24) is 24.6 Å². The van der Waals surface area contributed by atoms with E-state index in [0.717, 1.165) is 17.2 Å². The number of alkyl halides is 1. The topological polar surface area (TPSA) is 233 Å². The predicted octanol–water partition coefficient (Wildman–Crippen LogP) is 1.91. The molecule has 3 heterocycles. The molecular formula is C19H21FN9O7P. The Morgan fingerprint density at radius 1 is 1.43 bits per heavy atom. The molecule has 1 aromatic carbocycles. The molecule has 0 spiro atoms. The Kier molecular flexibility index (Phi) is 7.27. The molecule has 16 nitrogen and oxygen atoms in total. The fourth-order valence-corrected chi connectivity index (χ4v) is 5.02. The third kappa shape index (κ3) is 5.17. The number of aliphatic carboxylic acids is 1. The molecule has 4 rings (SSSR count). The number of nitrogens with one attached hydrogen (secondary N) is 1. The van der Waals surface area contributed by atoms with Crippen LogP contribution in [0, 0.1) is 0 Å². The Morgan fingerprint density at radius 3 is 2.84 bits per heavy atom. The lowest BCUT2D eigenvalue weighted by Gasteiger charge is -2.29. The van der Waals surface area contributed by atoms with Crippen LogP contribution in [0.3, 0.4) is 0 Å². The summed E-state index contributed by atoms with van der Waals surface area (Å²) in [4.78, 5) is 25.8. The number of benzene rings is 1. The van der Waals surface area contributed by atoms with Crippen LogP contribution in [0.25, 0.3) is 21.6 Å². The zero-order chi connectivity index (χ0) is 26.8. The molecule has 37 heavy (non-hydrogen) atoms. The maximum absolute atomic E-state index is 15.3. The van der Waals surface area contributed by atoms with Crippen LogP contribution < -0.4 is 15.3 Å². The average Bonchev–Trinajstić information content (AvgIpc) is 3.40. The molecule has 6 atom stereocenters. The summed E-state index contributed by atoms with van der Waals surface area (Å²) in [6.45, 7) is 0.185. The monoisotopic (exact) mass is 537 g/mol. The SMILES string of the molecule is C[C@H](NP(=O)(OC[C@@]1(N=[N+]=[N-])O[C@@H](n2cnc3c(N)ncnc32)[C@H](F)[C@@H]1O)Oc1ccccc1)C(=O)O. The van der Waals surface area contributed by atoms with Crippen molar-refractivity contribution in [2.75, 3.05) is 12.3 Å². The second kappa shape index (κ2) is 10.3. The Bertz CT molecular complexity index is 1390. The number of fused-ring (bicyclic) bond motifs is 1. The van der Waals surface area contributed by atoms with Crippen LogP contribution in [0.5, 0.6) is 5.75 Å². The Balaban J connectivity index is 1.64. The fraction of sp³-hybridized carbons (Fsp3) is 0.368. The molecule has 1 unspecified atom stereocenters. The quantitative estimate of drug-likeness (QED) is 0.126. The summed E-state index contributed by atoms with van der Waals surface area (Å²) >= 11 is 0. The first-order valence-electron chi connectivity index (χ1n) is 10.6. The van der Waals surface area contributed by atoms with Gasteiger partial charge in [0.1, 0.15) is 29.7 Å². The summed E-state index contributed by atoms with van der Waals surface area (Å²) in [5.41, 5.74) is 12.7. The van der Waals surface area contributed by atoms with Gasteiger partial charge in [-0.25, -0.2) is 23.9 Å². The number of azide groups is 1. The number of rotatable bonds is 10. The summed E-state index contributed by atoms with van der Waals surface area (Å²) in [6.07, 6.45) is -3.68. The van der Waals surface area contributed by atoms with Crippen molar-refractivity contribution < 1.29 is 37.7 Å². The molecule has 3 aromatic rings. The molecular weight excluding hydrogens is 516 g/mol. The third-order valence-electron chi connectivity index (χ3n) is 5.37. The molecule has 18 heteroatoms. The number of carboxylic acids is 1. The maximum Gasteiger partial charge on any atom is 0.459 e. The third-order valence-corrected chi connectivity index (χ3v) is 6.99. The summed E-state index contributed by atoms with van der Waals surface area (Å²) in [6, 6.07) is 6.23. The van der Waals surface area contributed by atoms with E-state index in [1.54, 1.807) is 18.2 Å². The Hall–Kier alpha value is -3.85. The van der Waals surface area contributed by atoms with Crippen LogP contribution in [0.1, 0.15) is 13.2 Å². The number of hydrogen-bond acceptors (Lipinski definition) is 11. The number of hydrogen-bond donors (Lipinski definition) is 4. The van der Waals surface area contributed by atoms with Gasteiger partial charge in [-0.05, 0) is 24.6 Å². The molecule has 0 saturated carbocycles. The maximum atomic E-state index is 15.3. The number of nitrogens with zero attached hydrogens (tertiary/aromatic N) is 7. The second-order valence-corrected chi connectivity index (χ2v) is 9.57. The molecule has 1 aliphatic heterocycles. The number of imidazole rings is 1. The molecule has 1 saturated heterocycles. The lowest BCUT2D eigenvalue weighted by atomic mass is 10.1. The highest BCUT2D eigenvalue weighted by Gasteiger charge is 2.57. The largest absolute Gasteiger partial charge is 0.480 e. The highest BCUT2D eigenvalue weighted by Crippen LogP contribution is 2.49. The van der Waals surface area contributed by atoms with Crippen LogP contribution in [0.4, 0.5) is 10.2 Å². The first kappa shape index (κ1) is 26.2. The van der Waals surface area contributed by atoms with Gasteiger partial charge in [-0.15, -0.1) is 0 Å². The number of para-hydroxylation sites is 1. The number of ether oxygens (including phenoxy) is 1. The zero-order valence-electron chi connectivity index (χ0n) is 19.0. The number of anilines is 1. The van der Waals surface area contributed by atoms with E-state index in [2.05, 4.69) is 30.1 Å². The first-order chi connectivity index (χ1) is 17.6. The van der Waals surface area contributed by atoms with Crippen molar-refractivity contribution >= 4 is 30.7 Å². The number of nitrogen functional groups attached to an aromatic ring is 1. The van der Waals surface area contributed by atoms with Gasteiger partial charge in [-0.1, -0.05) is 23.3 Å². The number of aliphatic hydroxyl groups is 1. The van der Waals surface area contributed by atoms with Crippen LogP contribution >= 0.6 is 7.75 Å². The molecule has 0 amide bonds. The number of carboxylic acid groups (broad SMARTS) is 1. The lowest BCUT2D eigenvalue weighted by Crippen LogP contribution is -2.45. The molecule has 1 aliphatic rings. The van der Waals surface area contributed by atoms with Gasteiger partial charge >= 0.3 is 13.7 Å². The summed E-state index contributed by atoms with van der Waals surface area (Å²) < 4.78 is 46.3. The van der Waals surface area contributed by atoms with Gasteiger partial charge < -0.3 is 25.2 Å². The van der Waals surface area contributed by atoms with Crippen LogP contribution in [-0.4, -0.2) is 66.4 Å². The van der Waals surface area contributed by atoms with E-state index in [-0.39, 0.29) is 22.7 Å². The van der Waals surface area contributed by atoms with Crippen LogP contribution in [0.15, 0.2) is 48.1 Å². The first-order valence-corrected chi connectivity index (χ1v) is 12.1. The van der Waals surface area contributed by atoms with Gasteiger partial charge in [-0.3, -0.25) is 13.9 Å². The van der Waals surface area contributed by atoms with E-state index < -0.39 is 50.6 Å². The van der Waals surface area contributed by atoms with Gasteiger partial charge in [0.15, 0.2) is 23.9 Å². The molecule has 0 radical (unpaired) electrons. The van der Waals surface area contributed by atoms with Crippen molar-refractivity contribution in [3.8, 4) is 5.75 Å². The van der Waals surface area contributed by atoms with Crippen molar-refractivity contribution in [3.63, 3.8) is 0 Å². The second-order valence-electron chi connectivity index (χ2n) is 7.88. The van der Waals surface area contributed by atoms with Crippen molar-refractivity contribution in [2.45, 2.75) is 37.2 Å². The van der Waals surface area contributed by atoms with E-state index in [1.165, 1.54) is 19.1 Å². The van der Waals surface area contributed by atoms with Gasteiger partial charge in [0.05, 0.1) is 12.9 Å². The zero-order valence-corrected chi connectivity index (χ0v) is 19.9. The fourth-order valence-electron chi connectivity index (χ4n) is 3.50. The standard InChI is InChI=1S/C19H21FN9O7P/c1-10(18(31)32)26-37(33,36-11-5-3-2-4-6-11)34-7-19(27-28-22)14(30)12(20)17(35-19)29-9-25-13-15(21)23-8-24-16(13)29/h2-6,8-10,12,14,17,30H,7H2,1H3,(H,26,33)(H,31,32)(H2,21,23,24)/t10-,12+,14-,17+,19+,37?/m0/s1. The van der Waals surface area contributed by atoms with E-state index in [4.69, 9.17) is 25.0 Å². The molecule has 0 aliphatic carbocycles. The van der Waals surface area contributed by atoms with Crippen molar-refractivity contribution in [2.24, 2.45) is 5.11 Å². The van der Waals surface area contributed by atoms with E-state index in [1.807, 2.05) is 0 Å². The minimum Gasteiger partial charge on any atom is -0.480 e. The summed E-state index contributed by atoms with van der Waals surface area (Å²) in [7, 11) is -4.53. The highest BCUT2D eigenvalue weighted by molar-refractivity contribution is 7.52. The van der Waals surface area contributed by atoms with Crippen LogP contribution in [-0.2, 0) is 18.6 Å². The number of halogens is 1. The van der Waals surface area contributed by atoms with E-state index >= 15 is 4.39 Å². The highest BCUT2D eigenvalue weighted by atomic mass is 31.2. The summed E-state index contributed by atoms with van der Waals surface area (Å²) in [5, 5.41) is 25.6. The van der Waals surface area contributed by atoms with E-state index in [0.29, 0.717) is 0 Å². The average molecular weight is 537 g/mol. The van der Waals surface area contributed by atoms with Gasteiger partial charge in [0.25, 0.3) is 0 Å². The minimum atomic E-state index is -4.53. The number of aromatic nitrogens is 4. The minimum absolute atomic E-state index is 0.0139. The smallest absolute Gasteiger partial charge is 0.459 e. The predicted molar refractivity (Wildman–Crippen MR) is 123 cm³/mol. The van der Waals surface area contributed by atoms with Gasteiger partial charge in [-0.2, -0.15) is 5.09 Å². The molecule has 1 fully saturated rings.